The number of rotatable bonds is 10. The van der Waals surface area contributed by atoms with E-state index in [1.54, 1.807) is 0 Å². The van der Waals surface area contributed by atoms with Gasteiger partial charge in [0, 0.05) is 13.2 Å². The minimum absolute atomic E-state index is 0.293. The van der Waals surface area contributed by atoms with Crippen molar-refractivity contribution in [3.05, 3.63) is 0 Å². The zero-order valence-corrected chi connectivity index (χ0v) is 13.0. The standard InChI is InChI=1S/C12H27NO4S/c1-11(2)6-8-17-12(3,4)10-16-9-7-13-18(5,14)15/h11,13H,6-10H2,1-5H3. The summed E-state index contributed by atoms with van der Waals surface area (Å²) >= 11 is 0. The molecule has 0 aromatic carbocycles. The number of hydrogen-bond donors (Lipinski definition) is 1. The number of sulfonamides is 1. The Bertz CT molecular complexity index is 312. The minimum atomic E-state index is -3.13. The molecule has 0 bridgehead atoms. The molecule has 6 heteroatoms. The molecule has 0 amide bonds. The van der Waals surface area contributed by atoms with Crippen LogP contribution in [0.25, 0.3) is 0 Å². The first-order valence-corrected chi connectivity index (χ1v) is 8.18. The molecular formula is C12H27NO4S. The molecule has 0 aliphatic carbocycles. The third kappa shape index (κ3) is 12.3. The molecule has 18 heavy (non-hydrogen) atoms. The van der Waals surface area contributed by atoms with E-state index in [0.29, 0.717) is 25.7 Å². The Morgan fingerprint density at radius 2 is 1.83 bits per heavy atom. The van der Waals surface area contributed by atoms with E-state index in [2.05, 4.69) is 18.6 Å². The lowest BCUT2D eigenvalue weighted by atomic mass is 10.1. The molecular weight excluding hydrogens is 254 g/mol. The van der Waals surface area contributed by atoms with E-state index in [9.17, 15) is 8.42 Å². The van der Waals surface area contributed by atoms with Gasteiger partial charge in [0.25, 0.3) is 0 Å². The Morgan fingerprint density at radius 1 is 1.22 bits per heavy atom. The van der Waals surface area contributed by atoms with Crippen molar-refractivity contribution in [1.82, 2.24) is 4.72 Å². The molecule has 0 heterocycles. The van der Waals surface area contributed by atoms with Crippen LogP contribution in [0.4, 0.5) is 0 Å². The average molecular weight is 281 g/mol. The Balaban J connectivity index is 3.64. The Morgan fingerprint density at radius 3 is 2.33 bits per heavy atom. The summed E-state index contributed by atoms with van der Waals surface area (Å²) in [5, 5.41) is 0. The first-order chi connectivity index (χ1) is 8.12. The van der Waals surface area contributed by atoms with Gasteiger partial charge in [0.05, 0.1) is 25.1 Å². The quantitative estimate of drug-likeness (QED) is 0.615. The van der Waals surface area contributed by atoms with Gasteiger partial charge in [-0.05, 0) is 26.2 Å². The maximum Gasteiger partial charge on any atom is 0.208 e. The molecule has 0 rings (SSSR count). The summed E-state index contributed by atoms with van der Waals surface area (Å²) in [7, 11) is -3.13. The Hall–Kier alpha value is -0.170. The van der Waals surface area contributed by atoms with Gasteiger partial charge in [-0.1, -0.05) is 13.8 Å². The maximum absolute atomic E-state index is 10.8. The third-order valence-electron chi connectivity index (χ3n) is 2.25. The van der Waals surface area contributed by atoms with E-state index in [1.165, 1.54) is 0 Å². The minimum Gasteiger partial charge on any atom is -0.377 e. The second-order valence-electron chi connectivity index (χ2n) is 5.51. The zero-order valence-electron chi connectivity index (χ0n) is 12.2. The third-order valence-corrected chi connectivity index (χ3v) is 2.98. The van der Waals surface area contributed by atoms with Gasteiger partial charge in [0.15, 0.2) is 0 Å². The van der Waals surface area contributed by atoms with Gasteiger partial charge in [-0.2, -0.15) is 0 Å². The van der Waals surface area contributed by atoms with E-state index in [4.69, 9.17) is 9.47 Å². The number of nitrogens with one attached hydrogen (secondary N) is 1. The summed E-state index contributed by atoms with van der Waals surface area (Å²) in [6, 6.07) is 0. The molecule has 0 spiro atoms. The molecule has 0 radical (unpaired) electrons. The van der Waals surface area contributed by atoms with Crippen molar-refractivity contribution in [1.29, 1.82) is 0 Å². The predicted octanol–water partition coefficient (Wildman–Crippen LogP) is 1.39. The molecule has 0 aromatic rings. The van der Waals surface area contributed by atoms with Crippen molar-refractivity contribution < 1.29 is 17.9 Å². The van der Waals surface area contributed by atoms with Crippen LogP contribution in [0.1, 0.15) is 34.1 Å². The molecule has 0 unspecified atom stereocenters. The number of ether oxygens (including phenoxy) is 2. The second-order valence-corrected chi connectivity index (χ2v) is 7.34. The zero-order chi connectivity index (χ0) is 14.2. The SMILES string of the molecule is CC(C)CCOC(C)(C)COCCNS(C)(=O)=O. The van der Waals surface area contributed by atoms with Crippen LogP contribution in [0.2, 0.25) is 0 Å². The van der Waals surface area contributed by atoms with Crippen LogP contribution in [0.15, 0.2) is 0 Å². The van der Waals surface area contributed by atoms with Crippen molar-refractivity contribution >= 4 is 10.0 Å². The van der Waals surface area contributed by atoms with Crippen LogP contribution in [0.5, 0.6) is 0 Å². The van der Waals surface area contributed by atoms with Gasteiger partial charge in [0.2, 0.25) is 10.0 Å². The van der Waals surface area contributed by atoms with Gasteiger partial charge in [-0.25, -0.2) is 13.1 Å². The summed E-state index contributed by atoms with van der Waals surface area (Å²) < 4.78 is 35.1. The summed E-state index contributed by atoms with van der Waals surface area (Å²) in [5.74, 6) is 0.626. The molecule has 5 nitrogen and oxygen atoms in total. The van der Waals surface area contributed by atoms with Crippen LogP contribution in [-0.2, 0) is 19.5 Å². The van der Waals surface area contributed by atoms with Crippen molar-refractivity contribution in [3.8, 4) is 0 Å². The molecule has 0 saturated carbocycles. The Labute approximate surface area is 111 Å². The summed E-state index contributed by atoms with van der Waals surface area (Å²) in [4.78, 5) is 0. The highest BCUT2D eigenvalue weighted by Crippen LogP contribution is 2.11. The summed E-state index contributed by atoms with van der Waals surface area (Å²) in [6.45, 7) is 10.1. The number of hydrogen-bond acceptors (Lipinski definition) is 4. The topological polar surface area (TPSA) is 64.6 Å². The van der Waals surface area contributed by atoms with Crippen LogP contribution >= 0.6 is 0 Å². The lowest BCUT2D eigenvalue weighted by Crippen LogP contribution is -2.33. The lowest BCUT2D eigenvalue weighted by Gasteiger charge is -2.25. The Kier molecular flexibility index (Phi) is 8.02. The van der Waals surface area contributed by atoms with Gasteiger partial charge in [-0.3, -0.25) is 0 Å². The summed E-state index contributed by atoms with van der Waals surface area (Å²) in [5.41, 5.74) is -0.333. The van der Waals surface area contributed by atoms with Crippen LogP contribution < -0.4 is 4.72 Å². The molecule has 1 N–H and O–H groups in total. The first kappa shape index (κ1) is 17.8. The largest absolute Gasteiger partial charge is 0.377 e. The molecule has 0 fully saturated rings. The molecule has 0 saturated heterocycles. The van der Waals surface area contributed by atoms with Crippen molar-refractivity contribution in [2.45, 2.75) is 39.7 Å². The molecule has 0 aliphatic heterocycles. The highest BCUT2D eigenvalue weighted by molar-refractivity contribution is 7.88. The van der Waals surface area contributed by atoms with E-state index in [-0.39, 0.29) is 5.60 Å². The highest BCUT2D eigenvalue weighted by Gasteiger charge is 2.18. The molecule has 0 atom stereocenters. The smallest absolute Gasteiger partial charge is 0.208 e. The first-order valence-electron chi connectivity index (χ1n) is 6.29. The molecule has 0 aromatic heterocycles. The van der Waals surface area contributed by atoms with E-state index in [0.717, 1.165) is 19.3 Å². The molecule has 110 valence electrons. The maximum atomic E-state index is 10.8. The monoisotopic (exact) mass is 281 g/mol. The van der Waals surface area contributed by atoms with Gasteiger partial charge >= 0.3 is 0 Å². The van der Waals surface area contributed by atoms with Crippen LogP contribution in [-0.4, -0.2) is 46.6 Å². The fraction of sp³-hybridized carbons (Fsp3) is 1.00. The average Bonchev–Trinajstić information content (AvgIpc) is 2.13. The van der Waals surface area contributed by atoms with Crippen LogP contribution in [0.3, 0.4) is 0 Å². The van der Waals surface area contributed by atoms with Crippen molar-refractivity contribution in [2.75, 3.05) is 32.6 Å². The van der Waals surface area contributed by atoms with Gasteiger partial charge in [-0.15, -0.1) is 0 Å². The van der Waals surface area contributed by atoms with Gasteiger partial charge in [0.1, 0.15) is 0 Å². The van der Waals surface area contributed by atoms with E-state index >= 15 is 0 Å². The van der Waals surface area contributed by atoms with E-state index in [1.807, 2.05) is 13.8 Å². The fourth-order valence-corrected chi connectivity index (χ4v) is 1.68. The van der Waals surface area contributed by atoms with Crippen molar-refractivity contribution in [3.63, 3.8) is 0 Å². The van der Waals surface area contributed by atoms with Crippen LogP contribution in [0, 0.1) is 5.92 Å². The van der Waals surface area contributed by atoms with Gasteiger partial charge < -0.3 is 9.47 Å². The van der Waals surface area contributed by atoms with E-state index < -0.39 is 10.0 Å². The highest BCUT2D eigenvalue weighted by atomic mass is 32.2. The normalized spacial score (nSPS) is 13.2. The lowest BCUT2D eigenvalue weighted by molar-refractivity contribution is -0.0765. The summed E-state index contributed by atoms with van der Waals surface area (Å²) in [6.07, 6.45) is 2.16. The predicted molar refractivity (Wildman–Crippen MR) is 73.2 cm³/mol. The second kappa shape index (κ2) is 8.09. The molecule has 0 aliphatic rings. The fourth-order valence-electron chi connectivity index (χ4n) is 1.23. The van der Waals surface area contributed by atoms with Crippen molar-refractivity contribution in [2.24, 2.45) is 5.92 Å².